The first-order chi connectivity index (χ1) is 11.2. The first-order valence-electron chi connectivity index (χ1n) is 6.81. The number of nitrogens with zero attached hydrogens (tertiary/aromatic N) is 3. The summed E-state index contributed by atoms with van der Waals surface area (Å²) in [6, 6.07) is 22.7. The van der Waals surface area contributed by atoms with Gasteiger partial charge in [-0.25, -0.2) is 4.39 Å². The predicted molar refractivity (Wildman–Crippen MR) is 85.5 cm³/mol. The molecule has 0 unspecified atom stereocenters. The number of benzene rings is 2. The quantitative estimate of drug-likeness (QED) is 0.672. The zero-order valence-corrected chi connectivity index (χ0v) is 12.1. The average Bonchev–Trinajstić information content (AvgIpc) is 2.63. The van der Waals surface area contributed by atoms with Crippen LogP contribution in [0.25, 0.3) is 11.3 Å². The van der Waals surface area contributed by atoms with E-state index in [1.165, 1.54) is 12.3 Å². The second-order valence-corrected chi connectivity index (χ2v) is 4.50. The van der Waals surface area contributed by atoms with Gasteiger partial charge < -0.3 is 0 Å². The molecule has 0 aliphatic rings. The Morgan fingerprint density at radius 1 is 0.739 bits per heavy atom. The summed E-state index contributed by atoms with van der Waals surface area (Å²) in [4.78, 5) is 3.95. The SMILES string of the molecule is N#Cc1ccc(-c2ncccc2F)cc1.N#Cc1ccccc1. The van der Waals surface area contributed by atoms with E-state index in [-0.39, 0.29) is 5.82 Å². The normalized spacial score (nSPS) is 9.00. The minimum atomic E-state index is -0.359. The summed E-state index contributed by atoms with van der Waals surface area (Å²) in [5.41, 5.74) is 2.25. The van der Waals surface area contributed by atoms with E-state index < -0.39 is 0 Å². The fraction of sp³-hybridized carbons (Fsp3) is 0. The second-order valence-electron chi connectivity index (χ2n) is 4.50. The van der Waals surface area contributed by atoms with Gasteiger partial charge in [0.25, 0.3) is 0 Å². The third-order valence-electron chi connectivity index (χ3n) is 2.95. The Morgan fingerprint density at radius 3 is 1.87 bits per heavy atom. The van der Waals surface area contributed by atoms with Crippen molar-refractivity contribution in [1.29, 1.82) is 10.5 Å². The van der Waals surface area contributed by atoms with Gasteiger partial charge in [-0.3, -0.25) is 4.98 Å². The molecule has 0 bridgehead atoms. The molecule has 3 aromatic rings. The number of rotatable bonds is 1. The van der Waals surface area contributed by atoms with Gasteiger partial charge in [0.15, 0.2) is 0 Å². The lowest BCUT2D eigenvalue weighted by molar-refractivity contribution is 0.626. The van der Waals surface area contributed by atoms with E-state index in [0.29, 0.717) is 22.4 Å². The van der Waals surface area contributed by atoms with E-state index in [2.05, 4.69) is 4.98 Å². The molecule has 0 atom stereocenters. The zero-order chi connectivity index (χ0) is 16.5. The third kappa shape index (κ3) is 4.49. The van der Waals surface area contributed by atoms with Crippen LogP contribution in [0.1, 0.15) is 11.1 Å². The molecule has 0 saturated heterocycles. The summed E-state index contributed by atoms with van der Waals surface area (Å²) >= 11 is 0. The van der Waals surface area contributed by atoms with E-state index in [1.807, 2.05) is 30.3 Å². The van der Waals surface area contributed by atoms with Crippen LogP contribution < -0.4 is 0 Å². The summed E-state index contributed by atoms with van der Waals surface area (Å²) in [6.45, 7) is 0. The van der Waals surface area contributed by atoms with Gasteiger partial charge in [0, 0.05) is 11.8 Å². The van der Waals surface area contributed by atoms with Crippen molar-refractivity contribution in [1.82, 2.24) is 4.98 Å². The molecule has 0 amide bonds. The lowest BCUT2D eigenvalue weighted by Crippen LogP contribution is -1.87. The molecule has 23 heavy (non-hydrogen) atoms. The number of hydrogen-bond donors (Lipinski definition) is 0. The van der Waals surface area contributed by atoms with Gasteiger partial charge in [0.2, 0.25) is 0 Å². The second kappa shape index (κ2) is 8.07. The van der Waals surface area contributed by atoms with Crippen LogP contribution in [0.2, 0.25) is 0 Å². The van der Waals surface area contributed by atoms with Crippen LogP contribution in [0.5, 0.6) is 0 Å². The largest absolute Gasteiger partial charge is 0.253 e. The molecular weight excluding hydrogens is 289 g/mol. The van der Waals surface area contributed by atoms with Crippen molar-refractivity contribution in [2.24, 2.45) is 0 Å². The number of aromatic nitrogens is 1. The third-order valence-corrected chi connectivity index (χ3v) is 2.95. The van der Waals surface area contributed by atoms with E-state index >= 15 is 0 Å². The van der Waals surface area contributed by atoms with Crippen LogP contribution in [-0.4, -0.2) is 4.98 Å². The van der Waals surface area contributed by atoms with Crippen LogP contribution in [0.15, 0.2) is 72.9 Å². The van der Waals surface area contributed by atoms with Gasteiger partial charge in [-0.15, -0.1) is 0 Å². The van der Waals surface area contributed by atoms with Crippen LogP contribution in [0.3, 0.4) is 0 Å². The lowest BCUT2D eigenvalue weighted by atomic mass is 10.1. The molecule has 2 aromatic carbocycles. The predicted octanol–water partition coefficient (Wildman–Crippen LogP) is 4.32. The molecule has 0 spiro atoms. The molecular formula is C19H12FN3. The number of pyridine rings is 1. The van der Waals surface area contributed by atoms with Crippen molar-refractivity contribution in [3.8, 4) is 23.4 Å². The Kier molecular flexibility index (Phi) is 5.57. The Morgan fingerprint density at radius 2 is 1.35 bits per heavy atom. The van der Waals surface area contributed by atoms with Crippen LogP contribution in [0.4, 0.5) is 4.39 Å². The Hall–Kier alpha value is -3.50. The van der Waals surface area contributed by atoms with Crippen LogP contribution >= 0.6 is 0 Å². The maximum Gasteiger partial charge on any atom is 0.149 e. The van der Waals surface area contributed by atoms with Gasteiger partial charge in [-0.1, -0.05) is 30.3 Å². The molecule has 0 saturated carbocycles. The molecule has 0 aliphatic heterocycles. The molecule has 0 radical (unpaired) electrons. The highest BCUT2D eigenvalue weighted by Gasteiger charge is 2.04. The monoisotopic (exact) mass is 301 g/mol. The smallest absolute Gasteiger partial charge is 0.149 e. The maximum absolute atomic E-state index is 13.3. The molecule has 3 rings (SSSR count). The van der Waals surface area contributed by atoms with E-state index in [9.17, 15) is 4.39 Å². The fourth-order valence-corrected chi connectivity index (χ4v) is 1.81. The van der Waals surface area contributed by atoms with Gasteiger partial charge in [-0.2, -0.15) is 10.5 Å². The van der Waals surface area contributed by atoms with Crippen molar-refractivity contribution < 1.29 is 4.39 Å². The molecule has 0 aliphatic carbocycles. The lowest BCUT2D eigenvalue weighted by Gasteiger charge is -2.01. The summed E-state index contributed by atoms with van der Waals surface area (Å²) < 4.78 is 13.3. The topological polar surface area (TPSA) is 60.5 Å². The molecule has 4 heteroatoms. The maximum atomic E-state index is 13.3. The van der Waals surface area contributed by atoms with Crippen molar-refractivity contribution >= 4 is 0 Å². The van der Waals surface area contributed by atoms with E-state index in [1.54, 1.807) is 42.5 Å². The summed E-state index contributed by atoms with van der Waals surface area (Å²) in [5, 5.41) is 16.9. The highest BCUT2D eigenvalue weighted by Crippen LogP contribution is 2.19. The standard InChI is InChI=1S/C12H7FN2.C7H5N/c13-11-2-1-7-15-12(11)10-5-3-9(8-14)4-6-10;8-6-7-4-2-1-3-5-7/h1-7H;1-5H. The van der Waals surface area contributed by atoms with E-state index in [0.717, 1.165) is 0 Å². The average molecular weight is 301 g/mol. The summed E-state index contributed by atoms with van der Waals surface area (Å²) in [6.07, 6.45) is 1.54. The summed E-state index contributed by atoms with van der Waals surface area (Å²) in [7, 11) is 0. The van der Waals surface area contributed by atoms with Gasteiger partial charge in [0.05, 0.1) is 23.3 Å². The molecule has 1 heterocycles. The van der Waals surface area contributed by atoms with Crippen molar-refractivity contribution in [3.63, 3.8) is 0 Å². The minimum absolute atomic E-state index is 0.307. The molecule has 0 N–H and O–H groups in total. The number of halogens is 1. The Balaban J connectivity index is 0.000000203. The highest BCUT2D eigenvalue weighted by atomic mass is 19.1. The van der Waals surface area contributed by atoms with Crippen molar-refractivity contribution in [2.75, 3.05) is 0 Å². The van der Waals surface area contributed by atoms with Crippen molar-refractivity contribution in [2.45, 2.75) is 0 Å². The molecule has 3 nitrogen and oxygen atoms in total. The fourth-order valence-electron chi connectivity index (χ4n) is 1.81. The van der Waals surface area contributed by atoms with Gasteiger partial charge >= 0.3 is 0 Å². The van der Waals surface area contributed by atoms with E-state index in [4.69, 9.17) is 10.5 Å². The van der Waals surface area contributed by atoms with Gasteiger partial charge in [0.1, 0.15) is 11.5 Å². The zero-order valence-electron chi connectivity index (χ0n) is 12.1. The first-order valence-corrected chi connectivity index (χ1v) is 6.81. The molecule has 0 fully saturated rings. The van der Waals surface area contributed by atoms with Crippen LogP contribution in [0, 0.1) is 28.5 Å². The van der Waals surface area contributed by atoms with Crippen molar-refractivity contribution in [3.05, 3.63) is 89.9 Å². The van der Waals surface area contributed by atoms with Gasteiger partial charge in [-0.05, 0) is 36.4 Å². The number of hydrogen-bond acceptors (Lipinski definition) is 3. The molecule has 110 valence electrons. The van der Waals surface area contributed by atoms with Crippen LogP contribution in [-0.2, 0) is 0 Å². The first kappa shape index (κ1) is 15.9. The molecule has 1 aromatic heterocycles. The number of nitriles is 2. The highest BCUT2D eigenvalue weighted by molar-refractivity contribution is 5.60. The summed E-state index contributed by atoms with van der Waals surface area (Å²) in [5.74, 6) is -0.359. The Bertz CT molecular complexity index is 844. The Labute approximate surface area is 133 Å². The minimum Gasteiger partial charge on any atom is -0.253 e.